The Kier molecular flexibility index (Phi) is 7.04. The molecule has 1 fully saturated rings. The minimum Gasteiger partial charge on any atom is -0.207 e. The lowest BCUT2D eigenvalue weighted by atomic mass is 10.0. The van der Waals surface area contributed by atoms with Crippen LogP contribution in [0.2, 0.25) is 0 Å². The van der Waals surface area contributed by atoms with Crippen LogP contribution in [-0.4, -0.2) is 51.1 Å². The van der Waals surface area contributed by atoms with E-state index in [0.717, 1.165) is 36.8 Å². The number of benzene rings is 2. The van der Waals surface area contributed by atoms with Gasteiger partial charge in [-0.2, -0.15) is 8.61 Å². The van der Waals surface area contributed by atoms with Crippen LogP contribution in [0.4, 0.5) is 4.39 Å². The number of rotatable bonds is 6. The number of sulfonamides is 2. The van der Waals surface area contributed by atoms with E-state index in [9.17, 15) is 21.2 Å². The second kappa shape index (κ2) is 9.66. The van der Waals surface area contributed by atoms with E-state index in [1.165, 1.54) is 40.7 Å². The van der Waals surface area contributed by atoms with Gasteiger partial charge in [-0.15, -0.1) is 0 Å². The van der Waals surface area contributed by atoms with Crippen molar-refractivity contribution in [1.29, 1.82) is 0 Å². The zero-order chi connectivity index (χ0) is 23.6. The standard InChI is InChI=1S/C24H29FN2O4S2/c1-2-22-5-3-4-16-27(22)33(30,31)24-12-10-23(11-13-24)32(28,29)26-17-14-20(15-18-26)19-6-8-21(25)9-7-19/h6-14,22H,2-5,15-18H2,1H3/t22-/m0/s1. The smallest absolute Gasteiger partial charge is 0.207 e. The first-order valence-electron chi connectivity index (χ1n) is 11.3. The molecular formula is C24H29FN2O4S2. The van der Waals surface area contributed by atoms with E-state index in [1.54, 1.807) is 16.4 Å². The highest BCUT2D eigenvalue weighted by Gasteiger charge is 2.33. The van der Waals surface area contributed by atoms with Gasteiger partial charge in [0.15, 0.2) is 0 Å². The van der Waals surface area contributed by atoms with Crippen molar-refractivity contribution in [3.8, 4) is 0 Å². The molecular weight excluding hydrogens is 463 g/mol. The third-order valence-electron chi connectivity index (χ3n) is 6.50. The minimum absolute atomic E-state index is 0.0115. The minimum atomic E-state index is -3.76. The van der Waals surface area contributed by atoms with E-state index in [0.29, 0.717) is 19.5 Å². The topological polar surface area (TPSA) is 74.8 Å². The number of halogens is 1. The van der Waals surface area contributed by atoms with E-state index < -0.39 is 20.0 Å². The monoisotopic (exact) mass is 492 g/mol. The van der Waals surface area contributed by atoms with Crippen LogP contribution in [0.5, 0.6) is 0 Å². The highest BCUT2D eigenvalue weighted by atomic mass is 32.2. The van der Waals surface area contributed by atoms with Gasteiger partial charge in [0.25, 0.3) is 0 Å². The van der Waals surface area contributed by atoms with Crippen molar-refractivity contribution in [2.75, 3.05) is 19.6 Å². The molecule has 0 unspecified atom stereocenters. The molecule has 0 aliphatic carbocycles. The fourth-order valence-electron chi connectivity index (χ4n) is 4.56. The van der Waals surface area contributed by atoms with Crippen molar-refractivity contribution in [3.05, 3.63) is 66.0 Å². The van der Waals surface area contributed by atoms with Crippen LogP contribution < -0.4 is 0 Å². The average molecular weight is 493 g/mol. The summed E-state index contributed by atoms with van der Waals surface area (Å²) < 4.78 is 68.6. The summed E-state index contributed by atoms with van der Waals surface area (Å²) in [6, 6.07) is 11.7. The van der Waals surface area contributed by atoms with Gasteiger partial charge in [0.05, 0.1) is 9.79 Å². The Morgan fingerprint density at radius 1 is 0.879 bits per heavy atom. The maximum Gasteiger partial charge on any atom is 0.243 e. The molecule has 0 spiro atoms. The normalized spacial score (nSPS) is 21.0. The third kappa shape index (κ3) is 4.91. The molecule has 0 amide bonds. The summed E-state index contributed by atoms with van der Waals surface area (Å²) in [5.41, 5.74) is 1.86. The second-order valence-electron chi connectivity index (χ2n) is 8.49. The third-order valence-corrected chi connectivity index (χ3v) is 10.3. The van der Waals surface area contributed by atoms with Crippen LogP contribution >= 0.6 is 0 Å². The summed E-state index contributed by atoms with van der Waals surface area (Å²) >= 11 is 0. The Bertz CT molecular complexity index is 1220. The molecule has 2 heterocycles. The number of piperidine rings is 1. The van der Waals surface area contributed by atoms with Crippen molar-refractivity contribution in [2.24, 2.45) is 0 Å². The van der Waals surface area contributed by atoms with Gasteiger partial charge in [-0.25, -0.2) is 21.2 Å². The van der Waals surface area contributed by atoms with Crippen molar-refractivity contribution >= 4 is 25.6 Å². The van der Waals surface area contributed by atoms with Gasteiger partial charge in [0, 0.05) is 25.7 Å². The first-order valence-corrected chi connectivity index (χ1v) is 14.2. The fourth-order valence-corrected chi connectivity index (χ4v) is 7.71. The average Bonchev–Trinajstić information content (AvgIpc) is 2.84. The summed E-state index contributed by atoms with van der Waals surface area (Å²) in [5, 5.41) is 0. The largest absolute Gasteiger partial charge is 0.243 e. The summed E-state index contributed by atoms with van der Waals surface area (Å²) in [6.07, 6.45) is 5.83. The summed E-state index contributed by atoms with van der Waals surface area (Å²) in [7, 11) is -7.42. The van der Waals surface area contributed by atoms with E-state index >= 15 is 0 Å². The Morgan fingerprint density at radius 2 is 1.52 bits per heavy atom. The molecule has 6 nitrogen and oxygen atoms in total. The molecule has 33 heavy (non-hydrogen) atoms. The molecule has 1 saturated heterocycles. The highest BCUT2D eigenvalue weighted by Crippen LogP contribution is 2.29. The van der Waals surface area contributed by atoms with E-state index in [4.69, 9.17) is 0 Å². The van der Waals surface area contributed by atoms with Crippen molar-refractivity contribution < 1.29 is 21.2 Å². The van der Waals surface area contributed by atoms with Crippen LogP contribution in [0.1, 0.15) is 44.6 Å². The molecule has 9 heteroatoms. The number of nitrogens with zero attached hydrogens (tertiary/aromatic N) is 2. The highest BCUT2D eigenvalue weighted by molar-refractivity contribution is 7.89. The Hall–Kier alpha value is -2.07. The van der Waals surface area contributed by atoms with E-state index in [1.807, 2.05) is 13.0 Å². The summed E-state index contributed by atoms with van der Waals surface area (Å²) in [4.78, 5) is 0.199. The molecule has 2 aromatic rings. The fraction of sp³-hybridized carbons (Fsp3) is 0.417. The summed E-state index contributed by atoms with van der Waals surface area (Å²) in [6.45, 7) is 3.00. The maximum absolute atomic E-state index is 13.2. The van der Waals surface area contributed by atoms with Crippen molar-refractivity contribution in [1.82, 2.24) is 8.61 Å². The molecule has 0 aromatic heterocycles. The molecule has 2 aliphatic rings. The van der Waals surface area contributed by atoms with Crippen molar-refractivity contribution in [3.63, 3.8) is 0 Å². The number of hydrogen-bond acceptors (Lipinski definition) is 4. The maximum atomic E-state index is 13.2. The second-order valence-corrected chi connectivity index (χ2v) is 12.3. The molecule has 4 rings (SSSR count). The molecule has 2 aromatic carbocycles. The van der Waals surface area contributed by atoms with Gasteiger partial charge in [0.1, 0.15) is 5.82 Å². The Labute approximate surface area is 195 Å². The quantitative estimate of drug-likeness (QED) is 0.604. The SMILES string of the molecule is CC[C@H]1CCCCN1S(=O)(=O)c1ccc(S(=O)(=O)N2CC=C(c3ccc(F)cc3)CC2)cc1. The van der Waals surface area contributed by atoms with Gasteiger partial charge in [-0.05, 0) is 73.2 Å². The first kappa shape index (κ1) is 24.1. The lowest BCUT2D eigenvalue weighted by molar-refractivity contribution is 0.246. The Morgan fingerprint density at radius 3 is 2.09 bits per heavy atom. The van der Waals surface area contributed by atoms with Crippen LogP contribution in [0.15, 0.2) is 64.4 Å². The molecule has 0 N–H and O–H groups in total. The lowest BCUT2D eigenvalue weighted by Crippen LogP contribution is -2.43. The zero-order valence-corrected chi connectivity index (χ0v) is 20.3. The first-order chi connectivity index (χ1) is 15.7. The summed E-state index contributed by atoms with van der Waals surface area (Å²) in [5.74, 6) is -0.310. The van der Waals surface area contributed by atoms with Gasteiger partial charge >= 0.3 is 0 Å². The van der Waals surface area contributed by atoms with Gasteiger partial charge in [-0.3, -0.25) is 0 Å². The van der Waals surface area contributed by atoms with Crippen LogP contribution in [0.3, 0.4) is 0 Å². The number of hydrogen-bond donors (Lipinski definition) is 0. The molecule has 0 bridgehead atoms. The molecule has 178 valence electrons. The Balaban J connectivity index is 1.51. The van der Waals surface area contributed by atoms with Gasteiger partial charge in [-0.1, -0.05) is 31.6 Å². The molecule has 0 saturated carbocycles. The zero-order valence-electron chi connectivity index (χ0n) is 18.7. The van der Waals surface area contributed by atoms with E-state index in [-0.39, 0.29) is 28.2 Å². The van der Waals surface area contributed by atoms with Crippen LogP contribution in [0.25, 0.3) is 5.57 Å². The van der Waals surface area contributed by atoms with Gasteiger partial charge < -0.3 is 0 Å². The van der Waals surface area contributed by atoms with Crippen LogP contribution in [-0.2, 0) is 20.0 Å². The molecule has 0 radical (unpaired) electrons. The van der Waals surface area contributed by atoms with E-state index in [2.05, 4.69) is 0 Å². The molecule has 1 atom stereocenters. The molecule has 2 aliphatic heterocycles. The van der Waals surface area contributed by atoms with Crippen LogP contribution in [0, 0.1) is 5.82 Å². The predicted molar refractivity (Wildman–Crippen MR) is 126 cm³/mol. The lowest BCUT2D eigenvalue weighted by Gasteiger charge is -2.34. The van der Waals surface area contributed by atoms with Gasteiger partial charge in [0.2, 0.25) is 20.0 Å². The predicted octanol–water partition coefficient (Wildman–Crippen LogP) is 4.26. The van der Waals surface area contributed by atoms with Crippen molar-refractivity contribution in [2.45, 2.75) is 54.9 Å².